The van der Waals surface area contributed by atoms with Gasteiger partial charge in [0.05, 0.1) is 12.8 Å². The summed E-state index contributed by atoms with van der Waals surface area (Å²) in [6.07, 6.45) is 0.142. The minimum absolute atomic E-state index is 0.128. The molecular formula is C18H22N2O5. The van der Waals surface area contributed by atoms with Gasteiger partial charge in [-0.1, -0.05) is 24.2 Å². The number of amides is 1. The molecule has 2 aromatic rings. The summed E-state index contributed by atoms with van der Waals surface area (Å²) in [5.41, 5.74) is 2.10. The highest BCUT2D eigenvalue weighted by molar-refractivity contribution is 5.85. The van der Waals surface area contributed by atoms with Gasteiger partial charge in [0.1, 0.15) is 11.5 Å². The average molecular weight is 346 g/mol. The lowest BCUT2D eigenvalue weighted by atomic mass is 9.95. The van der Waals surface area contributed by atoms with Crippen LogP contribution in [0.5, 0.6) is 5.75 Å². The van der Waals surface area contributed by atoms with Crippen LogP contribution in [-0.4, -0.2) is 29.2 Å². The van der Waals surface area contributed by atoms with Gasteiger partial charge < -0.3 is 19.7 Å². The summed E-state index contributed by atoms with van der Waals surface area (Å²) in [5, 5.41) is 15.9. The van der Waals surface area contributed by atoms with Gasteiger partial charge in [0.15, 0.2) is 6.04 Å². The zero-order valence-electron chi connectivity index (χ0n) is 14.7. The van der Waals surface area contributed by atoms with E-state index in [1.807, 2.05) is 13.8 Å². The molecule has 1 aromatic heterocycles. The van der Waals surface area contributed by atoms with Crippen molar-refractivity contribution in [2.24, 2.45) is 0 Å². The number of rotatable bonds is 7. The SMILES string of the molecule is COc1ccc(C(NC(=O)CC(C)c2c(C)noc2C)C(=O)O)cc1. The van der Waals surface area contributed by atoms with E-state index in [0.717, 1.165) is 11.3 Å². The molecule has 7 nitrogen and oxygen atoms in total. The number of hydrogen-bond acceptors (Lipinski definition) is 5. The highest BCUT2D eigenvalue weighted by atomic mass is 16.5. The van der Waals surface area contributed by atoms with Gasteiger partial charge >= 0.3 is 5.97 Å². The van der Waals surface area contributed by atoms with E-state index >= 15 is 0 Å². The molecule has 2 atom stereocenters. The molecular weight excluding hydrogens is 324 g/mol. The molecule has 1 heterocycles. The molecule has 2 unspecified atom stereocenters. The van der Waals surface area contributed by atoms with E-state index in [4.69, 9.17) is 9.26 Å². The largest absolute Gasteiger partial charge is 0.497 e. The molecule has 0 spiro atoms. The zero-order valence-corrected chi connectivity index (χ0v) is 14.7. The first-order chi connectivity index (χ1) is 11.8. The molecule has 0 aliphatic rings. The van der Waals surface area contributed by atoms with Crippen LogP contribution in [0.1, 0.15) is 47.9 Å². The molecule has 0 radical (unpaired) electrons. The number of carboxylic acid groups (broad SMARTS) is 1. The van der Waals surface area contributed by atoms with Crippen LogP contribution in [0.25, 0.3) is 0 Å². The summed E-state index contributed by atoms with van der Waals surface area (Å²) in [5.74, 6) is -0.315. The van der Waals surface area contributed by atoms with E-state index in [-0.39, 0.29) is 18.2 Å². The molecule has 0 bridgehead atoms. The van der Waals surface area contributed by atoms with E-state index in [1.54, 1.807) is 31.2 Å². The number of nitrogens with one attached hydrogen (secondary N) is 1. The lowest BCUT2D eigenvalue weighted by molar-refractivity contribution is -0.142. The highest BCUT2D eigenvalue weighted by Crippen LogP contribution is 2.26. The van der Waals surface area contributed by atoms with E-state index in [2.05, 4.69) is 10.5 Å². The Morgan fingerprint density at radius 1 is 1.28 bits per heavy atom. The third-order valence-corrected chi connectivity index (χ3v) is 4.07. The number of aromatic nitrogens is 1. The van der Waals surface area contributed by atoms with E-state index < -0.39 is 12.0 Å². The summed E-state index contributed by atoms with van der Waals surface area (Å²) < 4.78 is 10.2. The van der Waals surface area contributed by atoms with Crippen LogP contribution in [0.3, 0.4) is 0 Å². The van der Waals surface area contributed by atoms with Gasteiger partial charge in [-0.25, -0.2) is 4.79 Å². The van der Waals surface area contributed by atoms with Gasteiger partial charge in [-0.2, -0.15) is 0 Å². The number of aryl methyl sites for hydroxylation is 2. The predicted molar refractivity (Wildman–Crippen MR) is 90.5 cm³/mol. The number of benzene rings is 1. The van der Waals surface area contributed by atoms with Crippen molar-refractivity contribution >= 4 is 11.9 Å². The lowest BCUT2D eigenvalue weighted by Crippen LogP contribution is -2.34. The minimum Gasteiger partial charge on any atom is -0.497 e. The monoisotopic (exact) mass is 346 g/mol. The maximum atomic E-state index is 12.3. The van der Waals surface area contributed by atoms with E-state index in [0.29, 0.717) is 17.1 Å². The molecule has 2 rings (SSSR count). The van der Waals surface area contributed by atoms with E-state index in [9.17, 15) is 14.7 Å². The summed E-state index contributed by atoms with van der Waals surface area (Å²) in [6, 6.07) is 5.44. The van der Waals surface area contributed by atoms with Crippen LogP contribution in [0.15, 0.2) is 28.8 Å². The van der Waals surface area contributed by atoms with Crippen molar-refractivity contribution in [2.45, 2.75) is 39.2 Å². The van der Waals surface area contributed by atoms with Crippen molar-refractivity contribution in [1.82, 2.24) is 10.5 Å². The van der Waals surface area contributed by atoms with E-state index in [1.165, 1.54) is 7.11 Å². The van der Waals surface area contributed by atoms with Crippen molar-refractivity contribution in [2.75, 3.05) is 7.11 Å². The van der Waals surface area contributed by atoms with Gasteiger partial charge in [0.25, 0.3) is 0 Å². The fourth-order valence-electron chi connectivity index (χ4n) is 2.88. The number of hydrogen-bond donors (Lipinski definition) is 2. The van der Waals surface area contributed by atoms with Gasteiger partial charge in [0.2, 0.25) is 5.91 Å². The first-order valence-corrected chi connectivity index (χ1v) is 7.92. The first-order valence-electron chi connectivity index (χ1n) is 7.92. The third kappa shape index (κ3) is 4.37. The minimum atomic E-state index is -1.12. The summed E-state index contributed by atoms with van der Waals surface area (Å²) >= 11 is 0. The van der Waals surface area contributed by atoms with Gasteiger partial charge in [0, 0.05) is 12.0 Å². The van der Waals surface area contributed by atoms with Crippen LogP contribution in [-0.2, 0) is 9.59 Å². The Balaban J connectivity index is 2.08. The highest BCUT2D eigenvalue weighted by Gasteiger charge is 2.25. The summed E-state index contributed by atoms with van der Waals surface area (Å²) in [6.45, 7) is 5.49. The fourth-order valence-corrected chi connectivity index (χ4v) is 2.88. The van der Waals surface area contributed by atoms with Crippen LogP contribution < -0.4 is 10.1 Å². The van der Waals surface area contributed by atoms with Crippen molar-refractivity contribution in [3.8, 4) is 5.75 Å². The normalized spacial score (nSPS) is 13.1. The van der Waals surface area contributed by atoms with Gasteiger partial charge in [-0.15, -0.1) is 0 Å². The number of nitrogens with zero attached hydrogens (tertiary/aromatic N) is 1. The Kier molecular flexibility index (Phi) is 5.80. The number of carboxylic acids is 1. The number of carbonyl (C=O) groups is 2. The molecule has 1 amide bonds. The summed E-state index contributed by atoms with van der Waals surface area (Å²) in [4.78, 5) is 23.9. The second-order valence-corrected chi connectivity index (χ2v) is 5.95. The molecule has 134 valence electrons. The number of carbonyl (C=O) groups excluding carboxylic acids is 1. The molecule has 0 aliphatic heterocycles. The Morgan fingerprint density at radius 3 is 2.40 bits per heavy atom. The molecule has 0 aliphatic carbocycles. The topological polar surface area (TPSA) is 102 Å². The molecule has 25 heavy (non-hydrogen) atoms. The average Bonchev–Trinajstić information content (AvgIpc) is 2.91. The second-order valence-electron chi connectivity index (χ2n) is 5.95. The Bertz CT molecular complexity index is 732. The third-order valence-electron chi connectivity index (χ3n) is 4.07. The van der Waals surface area contributed by atoms with Gasteiger partial charge in [-0.05, 0) is 37.5 Å². The van der Waals surface area contributed by atoms with Gasteiger partial charge in [-0.3, -0.25) is 4.79 Å². The Morgan fingerprint density at radius 2 is 1.92 bits per heavy atom. The lowest BCUT2D eigenvalue weighted by Gasteiger charge is -2.17. The molecule has 2 N–H and O–H groups in total. The predicted octanol–water partition coefficient (Wildman–Crippen LogP) is 2.74. The molecule has 0 saturated heterocycles. The smallest absolute Gasteiger partial charge is 0.330 e. The molecule has 7 heteroatoms. The van der Waals surface area contributed by atoms with Crippen LogP contribution in [0.4, 0.5) is 0 Å². The first kappa shape index (κ1) is 18.5. The van der Waals surface area contributed by atoms with Crippen LogP contribution in [0.2, 0.25) is 0 Å². The summed E-state index contributed by atoms with van der Waals surface area (Å²) in [7, 11) is 1.53. The zero-order chi connectivity index (χ0) is 18.6. The Hall–Kier alpha value is -2.83. The molecule has 0 saturated carbocycles. The second kappa shape index (κ2) is 7.83. The molecule has 0 fully saturated rings. The van der Waals surface area contributed by atoms with Crippen molar-refractivity contribution in [1.29, 1.82) is 0 Å². The number of ether oxygens (including phenoxy) is 1. The number of methoxy groups -OCH3 is 1. The molecule has 1 aromatic carbocycles. The van der Waals surface area contributed by atoms with Crippen LogP contribution >= 0.6 is 0 Å². The van der Waals surface area contributed by atoms with Crippen molar-refractivity contribution in [3.63, 3.8) is 0 Å². The van der Waals surface area contributed by atoms with Crippen molar-refractivity contribution in [3.05, 3.63) is 46.8 Å². The maximum Gasteiger partial charge on any atom is 0.330 e. The number of aliphatic carboxylic acids is 1. The van der Waals surface area contributed by atoms with Crippen molar-refractivity contribution < 1.29 is 24.0 Å². The quantitative estimate of drug-likeness (QED) is 0.799. The standard InChI is InChI=1S/C18H22N2O5/c1-10(16-11(2)20-25-12(16)3)9-15(21)19-17(18(22)23)13-5-7-14(24-4)8-6-13/h5-8,10,17H,9H2,1-4H3,(H,19,21)(H,22,23). The fraction of sp³-hybridized carbons (Fsp3) is 0.389. The Labute approximate surface area is 146 Å². The van der Waals surface area contributed by atoms with Crippen LogP contribution in [0, 0.1) is 13.8 Å². The maximum absolute atomic E-state index is 12.3.